The molecule has 0 heterocycles. The van der Waals surface area contributed by atoms with Gasteiger partial charge in [-0.2, -0.15) is 4.31 Å². The zero-order valence-electron chi connectivity index (χ0n) is 14.3. The SMILES string of the molecule is CCCN(CC(=O)NCc1ccc(F)cc1)S(=O)(=O)c1ccc(Cl)cc1. The van der Waals surface area contributed by atoms with Crippen LogP contribution in [0, 0.1) is 5.82 Å². The highest BCUT2D eigenvalue weighted by Crippen LogP contribution is 2.18. The quantitative estimate of drug-likeness (QED) is 0.742. The molecular weight excluding hydrogens is 379 g/mol. The van der Waals surface area contributed by atoms with E-state index < -0.39 is 15.9 Å². The Bertz CT molecular complexity index is 840. The van der Waals surface area contributed by atoms with E-state index in [2.05, 4.69) is 5.32 Å². The molecule has 0 bridgehead atoms. The van der Waals surface area contributed by atoms with Gasteiger partial charge in [-0.05, 0) is 48.4 Å². The van der Waals surface area contributed by atoms with Crippen LogP contribution in [0.25, 0.3) is 0 Å². The molecule has 2 aromatic carbocycles. The predicted octanol–water partition coefficient (Wildman–Crippen LogP) is 3.20. The van der Waals surface area contributed by atoms with Crippen LogP contribution < -0.4 is 5.32 Å². The van der Waals surface area contributed by atoms with Crippen molar-refractivity contribution < 1.29 is 17.6 Å². The second-order valence-corrected chi connectivity index (χ2v) is 8.07. The Morgan fingerprint density at radius 2 is 1.73 bits per heavy atom. The number of carbonyl (C=O) groups excluding carboxylic acids is 1. The Balaban J connectivity index is 2.05. The second-order valence-electron chi connectivity index (χ2n) is 5.70. The zero-order valence-corrected chi connectivity index (χ0v) is 15.9. The molecule has 0 aliphatic heterocycles. The highest BCUT2D eigenvalue weighted by Gasteiger charge is 2.25. The molecule has 1 N–H and O–H groups in total. The summed E-state index contributed by atoms with van der Waals surface area (Å²) < 4.78 is 39.5. The van der Waals surface area contributed by atoms with Gasteiger partial charge in [0.1, 0.15) is 5.82 Å². The molecule has 0 atom stereocenters. The maximum atomic E-state index is 12.9. The number of hydrogen-bond acceptors (Lipinski definition) is 3. The molecule has 140 valence electrons. The first-order valence-corrected chi connectivity index (χ1v) is 9.91. The fraction of sp³-hybridized carbons (Fsp3) is 0.278. The van der Waals surface area contributed by atoms with Crippen LogP contribution >= 0.6 is 11.6 Å². The number of rotatable bonds is 8. The van der Waals surface area contributed by atoms with Crippen molar-refractivity contribution in [3.8, 4) is 0 Å². The summed E-state index contributed by atoms with van der Waals surface area (Å²) >= 11 is 5.80. The van der Waals surface area contributed by atoms with Crippen LogP contribution in [0.3, 0.4) is 0 Å². The van der Waals surface area contributed by atoms with Crippen molar-refractivity contribution >= 4 is 27.5 Å². The summed E-state index contributed by atoms with van der Waals surface area (Å²) in [7, 11) is -3.80. The fourth-order valence-corrected chi connectivity index (χ4v) is 3.92. The van der Waals surface area contributed by atoms with E-state index >= 15 is 0 Å². The van der Waals surface area contributed by atoms with E-state index in [1.165, 1.54) is 36.4 Å². The maximum absolute atomic E-state index is 12.9. The minimum Gasteiger partial charge on any atom is -0.351 e. The number of benzene rings is 2. The third kappa shape index (κ3) is 5.52. The van der Waals surface area contributed by atoms with Crippen molar-refractivity contribution in [3.63, 3.8) is 0 Å². The van der Waals surface area contributed by atoms with Crippen LogP contribution in [0.4, 0.5) is 4.39 Å². The first kappa shape index (κ1) is 20.4. The molecule has 0 aliphatic rings. The summed E-state index contributed by atoms with van der Waals surface area (Å²) in [4.78, 5) is 12.3. The van der Waals surface area contributed by atoms with Gasteiger partial charge in [-0.15, -0.1) is 0 Å². The lowest BCUT2D eigenvalue weighted by Crippen LogP contribution is -2.40. The Labute approximate surface area is 157 Å². The van der Waals surface area contributed by atoms with E-state index in [-0.39, 0.29) is 30.3 Å². The molecule has 2 aromatic rings. The van der Waals surface area contributed by atoms with Crippen LogP contribution in [0.2, 0.25) is 5.02 Å². The number of amides is 1. The molecule has 5 nitrogen and oxygen atoms in total. The number of hydrogen-bond donors (Lipinski definition) is 1. The van der Waals surface area contributed by atoms with E-state index in [0.29, 0.717) is 11.4 Å². The van der Waals surface area contributed by atoms with Crippen molar-refractivity contribution in [1.82, 2.24) is 9.62 Å². The van der Waals surface area contributed by atoms with Gasteiger partial charge in [0.15, 0.2) is 0 Å². The molecule has 2 rings (SSSR count). The number of halogens is 2. The number of nitrogens with zero attached hydrogens (tertiary/aromatic N) is 1. The zero-order chi connectivity index (χ0) is 19.2. The smallest absolute Gasteiger partial charge is 0.243 e. The molecule has 0 saturated heterocycles. The summed E-state index contributed by atoms with van der Waals surface area (Å²) in [5.41, 5.74) is 0.724. The van der Waals surface area contributed by atoms with Crippen LogP contribution in [0.5, 0.6) is 0 Å². The molecule has 0 spiro atoms. The van der Waals surface area contributed by atoms with Gasteiger partial charge in [-0.25, -0.2) is 12.8 Å². The monoisotopic (exact) mass is 398 g/mol. The lowest BCUT2D eigenvalue weighted by molar-refractivity contribution is -0.121. The van der Waals surface area contributed by atoms with Gasteiger partial charge in [0.2, 0.25) is 15.9 Å². The Hall–Kier alpha value is -1.96. The van der Waals surface area contributed by atoms with E-state index in [1.54, 1.807) is 12.1 Å². The minimum atomic E-state index is -3.80. The van der Waals surface area contributed by atoms with Crippen LogP contribution in [-0.2, 0) is 21.4 Å². The molecule has 1 amide bonds. The van der Waals surface area contributed by atoms with Gasteiger partial charge in [0.05, 0.1) is 11.4 Å². The van der Waals surface area contributed by atoms with E-state index in [1.807, 2.05) is 6.92 Å². The molecule has 0 saturated carbocycles. The van der Waals surface area contributed by atoms with Crippen molar-refractivity contribution in [3.05, 3.63) is 64.9 Å². The van der Waals surface area contributed by atoms with E-state index in [4.69, 9.17) is 11.6 Å². The van der Waals surface area contributed by atoms with Crippen molar-refractivity contribution in [2.24, 2.45) is 0 Å². The summed E-state index contributed by atoms with van der Waals surface area (Å²) in [6, 6.07) is 11.5. The minimum absolute atomic E-state index is 0.0849. The number of nitrogens with one attached hydrogen (secondary N) is 1. The standard InChI is InChI=1S/C18H20ClFN2O3S/c1-2-11-22(26(24,25)17-9-5-15(19)6-10-17)13-18(23)21-12-14-3-7-16(20)8-4-14/h3-10H,2,11-13H2,1H3,(H,21,23). The van der Waals surface area contributed by atoms with Gasteiger partial charge in [-0.3, -0.25) is 4.79 Å². The lowest BCUT2D eigenvalue weighted by atomic mass is 10.2. The van der Waals surface area contributed by atoms with Crippen molar-refractivity contribution in [1.29, 1.82) is 0 Å². The summed E-state index contributed by atoms with van der Waals surface area (Å²) in [5, 5.41) is 3.08. The molecule has 0 radical (unpaired) electrons. The molecule has 26 heavy (non-hydrogen) atoms. The number of carbonyl (C=O) groups is 1. The van der Waals surface area contributed by atoms with Crippen LogP contribution in [0.1, 0.15) is 18.9 Å². The largest absolute Gasteiger partial charge is 0.351 e. The third-order valence-corrected chi connectivity index (χ3v) is 5.76. The van der Waals surface area contributed by atoms with Crippen molar-refractivity contribution in [2.45, 2.75) is 24.8 Å². The van der Waals surface area contributed by atoms with Crippen LogP contribution in [0.15, 0.2) is 53.4 Å². The number of sulfonamides is 1. The van der Waals surface area contributed by atoms with Gasteiger partial charge in [0.25, 0.3) is 0 Å². The topological polar surface area (TPSA) is 66.5 Å². The molecule has 0 fully saturated rings. The highest BCUT2D eigenvalue weighted by molar-refractivity contribution is 7.89. The summed E-state index contributed by atoms with van der Waals surface area (Å²) in [5.74, 6) is -0.788. The fourth-order valence-electron chi connectivity index (χ4n) is 2.31. The molecule has 0 aromatic heterocycles. The average Bonchev–Trinajstić information content (AvgIpc) is 2.61. The van der Waals surface area contributed by atoms with Gasteiger partial charge < -0.3 is 5.32 Å². The molecule has 0 aliphatic carbocycles. The molecule has 0 unspecified atom stereocenters. The predicted molar refractivity (Wildman–Crippen MR) is 98.7 cm³/mol. The van der Waals surface area contributed by atoms with Gasteiger partial charge in [-0.1, -0.05) is 30.7 Å². The van der Waals surface area contributed by atoms with Gasteiger partial charge in [0, 0.05) is 18.1 Å². The van der Waals surface area contributed by atoms with Crippen LogP contribution in [-0.4, -0.2) is 31.7 Å². The summed E-state index contributed by atoms with van der Waals surface area (Å²) in [6.07, 6.45) is 0.568. The Morgan fingerprint density at radius 3 is 2.31 bits per heavy atom. The van der Waals surface area contributed by atoms with Gasteiger partial charge >= 0.3 is 0 Å². The highest BCUT2D eigenvalue weighted by atomic mass is 35.5. The maximum Gasteiger partial charge on any atom is 0.243 e. The molecule has 8 heteroatoms. The summed E-state index contributed by atoms with van der Waals surface area (Å²) in [6.45, 7) is 1.95. The average molecular weight is 399 g/mol. The third-order valence-electron chi connectivity index (χ3n) is 3.65. The van der Waals surface area contributed by atoms with Crippen molar-refractivity contribution in [2.75, 3.05) is 13.1 Å². The van der Waals surface area contributed by atoms with E-state index in [0.717, 1.165) is 9.87 Å². The lowest BCUT2D eigenvalue weighted by Gasteiger charge is -2.21. The Morgan fingerprint density at radius 1 is 1.12 bits per heavy atom. The first-order chi connectivity index (χ1) is 12.3. The van der Waals surface area contributed by atoms with E-state index in [9.17, 15) is 17.6 Å². The normalized spacial score (nSPS) is 11.5. The molecular formula is C18H20ClFN2O3S. The first-order valence-electron chi connectivity index (χ1n) is 8.10. The Kier molecular flexibility index (Phi) is 7.14. The second kappa shape index (κ2) is 9.12.